The first-order chi connectivity index (χ1) is 11.1. The minimum Gasteiger partial charge on any atom is -0.494 e. The first-order valence-corrected chi connectivity index (χ1v) is 7.78. The minimum absolute atomic E-state index is 0.148. The smallest absolute Gasteiger partial charge is 0.315 e. The standard InChI is InChI=1S/C19H22O4/c1-4-21-16-9-7-6-8-15(16)13-19(20)23-17-11-10-14(3)12-18(17)22-5-2/h6-12H,4-5,13H2,1-3H3. The van der Waals surface area contributed by atoms with Crippen LogP contribution in [0.3, 0.4) is 0 Å². The van der Waals surface area contributed by atoms with Crippen LogP contribution in [0.1, 0.15) is 25.0 Å². The van der Waals surface area contributed by atoms with Gasteiger partial charge in [-0.15, -0.1) is 0 Å². The summed E-state index contributed by atoms with van der Waals surface area (Å²) < 4.78 is 16.5. The number of carbonyl (C=O) groups excluding carboxylic acids is 1. The lowest BCUT2D eigenvalue weighted by Gasteiger charge is -2.12. The molecule has 0 amide bonds. The van der Waals surface area contributed by atoms with E-state index >= 15 is 0 Å². The number of rotatable bonds is 7. The van der Waals surface area contributed by atoms with Gasteiger partial charge in [0.05, 0.1) is 19.6 Å². The number of hydrogen-bond acceptors (Lipinski definition) is 4. The van der Waals surface area contributed by atoms with Crippen molar-refractivity contribution in [2.24, 2.45) is 0 Å². The first kappa shape index (κ1) is 16.9. The second-order valence-electron chi connectivity index (χ2n) is 5.07. The monoisotopic (exact) mass is 314 g/mol. The first-order valence-electron chi connectivity index (χ1n) is 7.78. The molecule has 0 bridgehead atoms. The van der Waals surface area contributed by atoms with Crippen molar-refractivity contribution in [2.75, 3.05) is 13.2 Å². The van der Waals surface area contributed by atoms with Crippen molar-refractivity contribution in [2.45, 2.75) is 27.2 Å². The van der Waals surface area contributed by atoms with E-state index in [0.717, 1.165) is 11.1 Å². The van der Waals surface area contributed by atoms with Crippen molar-refractivity contribution in [3.63, 3.8) is 0 Å². The summed E-state index contributed by atoms with van der Waals surface area (Å²) in [7, 11) is 0. The molecule has 0 radical (unpaired) electrons. The van der Waals surface area contributed by atoms with Crippen molar-refractivity contribution in [3.8, 4) is 17.2 Å². The van der Waals surface area contributed by atoms with E-state index in [1.165, 1.54) is 0 Å². The molecule has 0 saturated carbocycles. The Morgan fingerprint density at radius 2 is 1.61 bits per heavy atom. The van der Waals surface area contributed by atoms with Crippen LogP contribution in [0.15, 0.2) is 42.5 Å². The van der Waals surface area contributed by atoms with Crippen LogP contribution in [-0.2, 0) is 11.2 Å². The number of esters is 1. The van der Waals surface area contributed by atoms with E-state index in [1.807, 2.05) is 57.2 Å². The zero-order valence-corrected chi connectivity index (χ0v) is 13.8. The van der Waals surface area contributed by atoms with E-state index in [2.05, 4.69) is 0 Å². The largest absolute Gasteiger partial charge is 0.494 e. The highest BCUT2D eigenvalue weighted by atomic mass is 16.6. The van der Waals surface area contributed by atoms with E-state index in [0.29, 0.717) is 30.5 Å². The lowest BCUT2D eigenvalue weighted by atomic mass is 10.1. The van der Waals surface area contributed by atoms with E-state index in [1.54, 1.807) is 6.07 Å². The Morgan fingerprint density at radius 1 is 0.913 bits per heavy atom. The molecule has 0 atom stereocenters. The molecule has 122 valence electrons. The van der Waals surface area contributed by atoms with Crippen molar-refractivity contribution >= 4 is 5.97 Å². The SMILES string of the molecule is CCOc1ccccc1CC(=O)Oc1ccc(C)cc1OCC. The van der Waals surface area contributed by atoms with E-state index < -0.39 is 0 Å². The molecule has 2 rings (SSSR count). The third kappa shape index (κ3) is 4.74. The molecular formula is C19H22O4. The van der Waals surface area contributed by atoms with Gasteiger partial charge < -0.3 is 14.2 Å². The Morgan fingerprint density at radius 3 is 2.35 bits per heavy atom. The minimum atomic E-state index is -0.345. The molecule has 2 aromatic rings. The molecule has 0 aliphatic heterocycles. The van der Waals surface area contributed by atoms with Crippen molar-refractivity contribution in [1.82, 2.24) is 0 Å². The fourth-order valence-electron chi connectivity index (χ4n) is 2.23. The summed E-state index contributed by atoms with van der Waals surface area (Å²) in [4.78, 5) is 12.2. The highest BCUT2D eigenvalue weighted by molar-refractivity contribution is 5.76. The van der Waals surface area contributed by atoms with Gasteiger partial charge in [-0.2, -0.15) is 0 Å². The average molecular weight is 314 g/mol. The van der Waals surface area contributed by atoms with Gasteiger partial charge in [0.2, 0.25) is 0 Å². The Kier molecular flexibility index (Phi) is 6.03. The number of carbonyl (C=O) groups is 1. The average Bonchev–Trinajstić information content (AvgIpc) is 2.52. The van der Waals surface area contributed by atoms with E-state index in [9.17, 15) is 4.79 Å². The molecule has 4 nitrogen and oxygen atoms in total. The number of hydrogen-bond donors (Lipinski definition) is 0. The molecule has 0 saturated heterocycles. The van der Waals surface area contributed by atoms with Crippen molar-refractivity contribution in [1.29, 1.82) is 0 Å². The van der Waals surface area contributed by atoms with Gasteiger partial charge in [0.25, 0.3) is 0 Å². The second kappa shape index (κ2) is 8.22. The van der Waals surface area contributed by atoms with Crippen molar-refractivity contribution in [3.05, 3.63) is 53.6 Å². The second-order valence-corrected chi connectivity index (χ2v) is 5.07. The summed E-state index contributed by atoms with van der Waals surface area (Å²) in [5.74, 6) is 1.39. The van der Waals surface area contributed by atoms with E-state index in [4.69, 9.17) is 14.2 Å². The van der Waals surface area contributed by atoms with Crippen LogP contribution in [0, 0.1) is 6.92 Å². The highest BCUT2D eigenvalue weighted by Gasteiger charge is 2.13. The fourth-order valence-corrected chi connectivity index (χ4v) is 2.23. The summed E-state index contributed by atoms with van der Waals surface area (Å²) in [6.07, 6.45) is 0.148. The molecule has 0 aromatic heterocycles. The summed E-state index contributed by atoms with van der Waals surface area (Å²) >= 11 is 0. The van der Waals surface area contributed by atoms with Gasteiger partial charge in [-0.1, -0.05) is 24.3 Å². The van der Waals surface area contributed by atoms with Crippen LogP contribution in [0.5, 0.6) is 17.2 Å². The van der Waals surface area contributed by atoms with Gasteiger partial charge in [0.1, 0.15) is 5.75 Å². The number of benzene rings is 2. The molecule has 0 aliphatic rings. The van der Waals surface area contributed by atoms with Gasteiger partial charge in [-0.3, -0.25) is 4.79 Å². The van der Waals surface area contributed by atoms with Gasteiger partial charge in [-0.25, -0.2) is 0 Å². The molecule has 4 heteroatoms. The summed E-state index contributed by atoms with van der Waals surface area (Å²) in [5.41, 5.74) is 1.86. The van der Waals surface area contributed by atoms with Gasteiger partial charge in [0, 0.05) is 5.56 Å². The molecular weight excluding hydrogens is 292 g/mol. The molecule has 0 aliphatic carbocycles. The Hall–Kier alpha value is -2.49. The lowest BCUT2D eigenvalue weighted by Crippen LogP contribution is -2.13. The Bertz CT molecular complexity index is 664. The van der Waals surface area contributed by atoms with Crippen LogP contribution >= 0.6 is 0 Å². The maximum absolute atomic E-state index is 12.2. The highest BCUT2D eigenvalue weighted by Crippen LogP contribution is 2.29. The maximum Gasteiger partial charge on any atom is 0.315 e. The fraction of sp³-hybridized carbons (Fsp3) is 0.316. The number of para-hydroxylation sites is 1. The number of ether oxygens (including phenoxy) is 3. The predicted molar refractivity (Wildman–Crippen MR) is 89.3 cm³/mol. The van der Waals surface area contributed by atoms with E-state index in [-0.39, 0.29) is 12.4 Å². The molecule has 0 heterocycles. The summed E-state index contributed by atoms with van der Waals surface area (Å²) in [5, 5.41) is 0. The topological polar surface area (TPSA) is 44.8 Å². The van der Waals surface area contributed by atoms with Gasteiger partial charge in [0.15, 0.2) is 11.5 Å². The van der Waals surface area contributed by atoms with Crippen LogP contribution in [0.25, 0.3) is 0 Å². The lowest BCUT2D eigenvalue weighted by molar-refractivity contribution is -0.133. The molecule has 2 aromatic carbocycles. The van der Waals surface area contributed by atoms with Gasteiger partial charge >= 0.3 is 5.97 Å². The third-order valence-electron chi connectivity index (χ3n) is 3.23. The van der Waals surface area contributed by atoms with Crippen molar-refractivity contribution < 1.29 is 19.0 Å². The Balaban J connectivity index is 2.11. The molecule has 0 fully saturated rings. The molecule has 0 N–H and O–H groups in total. The zero-order chi connectivity index (χ0) is 16.7. The maximum atomic E-state index is 12.2. The summed E-state index contributed by atoms with van der Waals surface area (Å²) in [6, 6.07) is 13.0. The Labute approximate surface area is 137 Å². The number of aryl methyl sites for hydroxylation is 1. The molecule has 0 spiro atoms. The third-order valence-corrected chi connectivity index (χ3v) is 3.23. The van der Waals surface area contributed by atoms with Crippen LogP contribution in [-0.4, -0.2) is 19.2 Å². The molecule has 0 unspecified atom stereocenters. The van der Waals surface area contributed by atoms with Crippen LogP contribution < -0.4 is 14.2 Å². The summed E-state index contributed by atoms with van der Waals surface area (Å²) in [6.45, 7) is 6.84. The molecule has 23 heavy (non-hydrogen) atoms. The van der Waals surface area contributed by atoms with Crippen LogP contribution in [0.4, 0.5) is 0 Å². The van der Waals surface area contributed by atoms with Crippen LogP contribution in [0.2, 0.25) is 0 Å². The zero-order valence-electron chi connectivity index (χ0n) is 13.8. The van der Waals surface area contributed by atoms with Gasteiger partial charge in [-0.05, 0) is 44.5 Å². The quantitative estimate of drug-likeness (QED) is 0.573. The normalized spacial score (nSPS) is 10.2. The predicted octanol–water partition coefficient (Wildman–Crippen LogP) is 3.94.